The van der Waals surface area contributed by atoms with Gasteiger partial charge in [0.25, 0.3) is 0 Å². The molecule has 2 nitrogen and oxygen atoms in total. The summed E-state index contributed by atoms with van der Waals surface area (Å²) >= 11 is 0. The lowest BCUT2D eigenvalue weighted by Gasteiger charge is -2.16. The lowest BCUT2D eigenvalue weighted by atomic mass is 10.1. The zero-order chi connectivity index (χ0) is 13.7. The molecule has 0 aliphatic heterocycles. The Morgan fingerprint density at radius 2 is 1.84 bits per heavy atom. The smallest absolute Gasteiger partial charge is 0.0991 e. The topological polar surface area (TPSA) is 35.8 Å². The molecule has 2 heteroatoms. The molecule has 2 rings (SSSR count). The van der Waals surface area contributed by atoms with Crippen LogP contribution in [0, 0.1) is 23.7 Å². The van der Waals surface area contributed by atoms with Crippen molar-refractivity contribution in [1.29, 1.82) is 5.26 Å². The van der Waals surface area contributed by atoms with Gasteiger partial charge in [0.05, 0.1) is 11.6 Å². The summed E-state index contributed by atoms with van der Waals surface area (Å²) in [6.45, 7) is 2.05. The van der Waals surface area contributed by atoms with Crippen LogP contribution in [0.3, 0.4) is 0 Å². The molecule has 0 aromatic heterocycles. The second-order valence-electron chi connectivity index (χ2n) is 4.33. The third-order valence-electron chi connectivity index (χ3n) is 2.93. The molecule has 0 aliphatic carbocycles. The first kappa shape index (κ1) is 12.7. The number of hydrogen-bond acceptors (Lipinski definition) is 2. The number of nitriles is 1. The molecule has 0 radical (unpaired) electrons. The van der Waals surface area contributed by atoms with Crippen LogP contribution in [0.5, 0.6) is 0 Å². The molecule has 0 amide bonds. The molecule has 0 heterocycles. The number of hydrogen-bond donors (Lipinski definition) is 1. The van der Waals surface area contributed by atoms with Gasteiger partial charge in [-0.1, -0.05) is 24.1 Å². The minimum Gasteiger partial charge on any atom is -0.378 e. The summed E-state index contributed by atoms with van der Waals surface area (Å²) in [7, 11) is 0. The van der Waals surface area contributed by atoms with E-state index in [0.717, 1.165) is 16.8 Å². The summed E-state index contributed by atoms with van der Waals surface area (Å²) in [4.78, 5) is 0. The van der Waals surface area contributed by atoms with E-state index in [1.807, 2.05) is 42.5 Å². The van der Waals surface area contributed by atoms with Crippen LogP contribution in [0.2, 0.25) is 0 Å². The molecule has 1 unspecified atom stereocenters. The van der Waals surface area contributed by atoms with E-state index in [-0.39, 0.29) is 6.04 Å². The van der Waals surface area contributed by atoms with Crippen LogP contribution < -0.4 is 5.32 Å². The molecular weight excluding hydrogens is 232 g/mol. The molecule has 0 saturated heterocycles. The summed E-state index contributed by atoms with van der Waals surface area (Å²) in [5.74, 6) is 2.62. The number of nitrogens with one attached hydrogen (secondary N) is 1. The fraction of sp³-hybridized carbons (Fsp3) is 0.118. The first-order valence-corrected chi connectivity index (χ1v) is 6.06. The molecule has 2 aromatic rings. The molecule has 92 valence electrons. The van der Waals surface area contributed by atoms with Crippen molar-refractivity contribution in [3.05, 3.63) is 65.2 Å². The van der Waals surface area contributed by atoms with Gasteiger partial charge in [-0.25, -0.2) is 0 Å². The van der Waals surface area contributed by atoms with E-state index in [4.69, 9.17) is 11.7 Å². The predicted octanol–water partition coefficient (Wildman–Crippen LogP) is 3.71. The minimum atomic E-state index is 0.112. The Kier molecular flexibility index (Phi) is 3.86. The molecule has 1 N–H and O–H groups in total. The molecule has 0 saturated carbocycles. The fourth-order valence-electron chi connectivity index (χ4n) is 1.91. The van der Waals surface area contributed by atoms with Gasteiger partial charge in [-0.05, 0) is 42.8 Å². The van der Waals surface area contributed by atoms with E-state index in [0.29, 0.717) is 5.56 Å². The Morgan fingerprint density at radius 1 is 1.11 bits per heavy atom. The highest BCUT2D eigenvalue weighted by Gasteiger charge is 2.06. The van der Waals surface area contributed by atoms with Crippen molar-refractivity contribution in [3.63, 3.8) is 0 Å². The lowest BCUT2D eigenvalue weighted by molar-refractivity contribution is 0.884. The number of rotatable bonds is 3. The molecular formula is C17H14N2. The SMILES string of the molecule is C#Cc1cccc(NC(C)c2cccc(C#N)c2)c1. The molecule has 0 aliphatic rings. The largest absolute Gasteiger partial charge is 0.378 e. The van der Waals surface area contributed by atoms with Gasteiger partial charge in [-0.2, -0.15) is 5.26 Å². The van der Waals surface area contributed by atoms with Crippen molar-refractivity contribution in [3.8, 4) is 18.4 Å². The highest BCUT2D eigenvalue weighted by molar-refractivity contribution is 5.51. The zero-order valence-electron chi connectivity index (χ0n) is 10.7. The maximum absolute atomic E-state index is 8.91. The van der Waals surface area contributed by atoms with Gasteiger partial charge in [-0.3, -0.25) is 0 Å². The van der Waals surface area contributed by atoms with Crippen LogP contribution in [-0.2, 0) is 0 Å². The van der Waals surface area contributed by atoms with Gasteiger partial charge in [-0.15, -0.1) is 6.42 Å². The average molecular weight is 246 g/mol. The standard InChI is InChI=1S/C17H14N2/c1-3-14-6-5-9-17(11-14)19-13(2)16-8-4-7-15(10-16)12-18/h1,4-11,13,19H,2H3. The Bertz CT molecular complexity index is 659. The highest BCUT2D eigenvalue weighted by Crippen LogP contribution is 2.20. The molecule has 0 bridgehead atoms. The maximum atomic E-state index is 8.91. The van der Waals surface area contributed by atoms with Crippen LogP contribution in [0.1, 0.15) is 29.7 Å². The van der Waals surface area contributed by atoms with Gasteiger partial charge in [0.1, 0.15) is 0 Å². The quantitative estimate of drug-likeness (QED) is 0.838. The monoisotopic (exact) mass is 246 g/mol. The minimum absolute atomic E-state index is 0.112. The Morgan fingerprint density at radius 3 is 2.58 bits per heavy atom. The van der Waals surface area contributed by atoms with Crippen LogP contribution in [0.15, 0.2) is 48.5 Å². The zero-order valence-corrected chi connectivity index (χ0v) is 10.7. The maximum Gasteiger partial charge on any atom is 0.0991 e. The van der Waals surface area contributed by atoms with Crippen LogP contribution in [-0.4, -0.2) is 0 Å². The van der Waals surface area contributed by atoms with Gasteiger partial charge >= 0.3 is 0 Å². The van der Waals surface area contributed by atoms with Crippen LogP contribution in [0.4, 0.5) is 5.69 Å². The molecule has 1 atom stereocenters. The summed E-state index contributed by atoms with van der Waals surface area (Å²) in [5.41, 5.74) is 3.57. The van der Waals surface area contributed by atoms with Crippen molar-refractivity contribution < 1.29 is 0 Å². The molecule has 2 aromatic carbocycles. The van der Waals surface area contributed by atoms with E-state index in [9.17, 15) is 0 Å². The molecule has 0 spiro atoms. The fourth-order valence-corrected chi connectivity index (χ4v) is 1.91. The molecule has 0 fully saturated rings. The van der Waals surface area contributed by atoms with Gasteiger partial charge in [0.2, 0.25) is 0 Å². The Hall–Kier alpha value is -2.71. The second kappa shape index (κ2) is 5.76. The van der Waals surface area contributed by atoms with E-state index in [1.165, 1.54) is 0 Å². The number of terminal acetylenes is 1. The Balaban J connectivity index is 2.18. The number of nitrogens with zero attached hydrogens (tertiary/aromatic N) is 1. The number of benzene rings is 2. The third kappa shape index (κ3) is 3.15. The van der Waals surface area contributed by atoms with E-state index in [2.05, 4.69) is 24.2 Å². The summed E-state index contributed by atoms with van der Waals surface area (Å²) < 4.78 is 0. The van der Waals surface area contributed by atoms with Crippen molar-refractivity contribution in [2.45, 2.75) is 13.0 Å². The van der Waals surface area contributed by atoms with Gasteiger partial charge < -0.3 is 5.32 Å². The second-order valence-corrected chi connectivity index (χ2v) is 4.33. The highest BCUT2D eigenvalue weighted by atomic mass is 14.9. The van der Waals surface area contributed by atoms with Crippen molar-refractivity contribution in [2.75, 3.05) is 5.32 Å². The average Bonchev–Trinajstić information content (AvgIpc) is 2.47. The van der Waals surface area contributed by atoms with Gasteiger partial charge in [0.15, 0.2) is 0 Å². The van der Waals surface area contributed by atoms with Crippen molar-refractivity contribution in [2.24, 2.45) is 0 Å². The lowest BCUT2D eigenvalue weighted by Crippen LogP contribution is -2.06. The molecule has 19 heavy (non-hydrogen) atoms. The first-order valence-electron chi connectivity index (χ1n) is 6.06. The first-order chi connectivity index (χ1) is 9.22. The normalized spacial score (nSPS) is 11.1. The van der Waals surface area contributed by atoms with Crippen LogP contribution in [0.25, 0.3) is 0 Å². The summed E-state index contributed by atoms with van der Waals surface area (Å²) in [5, 5.41) is 12.3. The predicted molar refractivity (Wildman–Crippen MR) is 77.6 cm³/mol. The van der Waals surface area contributed by atoms with E-state index in [1.54, 1.807) is 6.07 Å². The van der Waals surface area contributed by atoms with E-state index < -0.39 is 0 Å². The Labute approximate surface area is 113 Å². The van der Waals surface area contributed by atoms with Crippen molar-refractivity contribution in [1.82, 2.24) is 0 Å². The third-order valence-corrected chi connectivity index (χ3v) is 2.93. The summed E-state index contributed by atoms with van der Waals surface area (Å²) in [6.07, 6.45) is 5.38. The van der Waals surface area contributed by atoms with Gasteiger partial charge in [0, 0.05) is 17.3 Å². The van der Waals surface area contributed by atoms with E-state index >= 15 is 0 Å². The number of anilines is 1. The van der Waals surface area contributed by atoms with Crippen LogP contribution >= 0.6 is 0 Å². The van der Waals surface area contributed by atoms with Crippen molar-refractivity contribution >= 4 is 5.69 Å². The summed E-state index contributed by atoms with van der Waals surface area (Å²) in [6, 6.07) is 17.6.